The number of fused-ring (bicyclic) bond motifs is 3. The van der Waals surface area contributed by atoms with Crippen LogP contribution in [0.25, 0.3) is 0 Å². The van der Waals surface area contributed by atoms with Gasteiger partial charge in [0.2, 0.25) is 0 Å². The van der Waals surface area contributed by atoms with Crippen LogP contribution in [-0.4, -0.2) is 54.6 Å². The molecule has 1 fully saturated rings. The van der Waals surface area contributed by atoms with E-state index in [0.717, 1.165) is 41.2 Å². The first-order chi connectivity index (χ1) is 9.91. The molecule has 2 aliphatic heterocycles. The number of carbonyl (C=O) groups is 1. The minimum Gasteiger partial charge on any atom is -0.340 e. The average molecular weight is 353 g/mol. The van der Waals surface area contributed by atoms with Gasteiger partial charge in [-0.15, -0.1) is 0 Å². The van der Waals surface area contributed by atoms with Gasteiger partial charge in [-0.25, -0.2) is 4.98 Å². The number of anilines is 2. The van der Waals surface area contributed by atoms with Gasteiger partial charge >= 0.3 is 0 Å². The van der Waals surface area contributed by atoms with Crippen molar-refractivity contribution in [2.24, 2.45) is 0 Å². The van der Waals surface area contributed by atoms with Crippen molar-refractivity contribution >= 4 is 33.3 Å². The van der Waals surface area contributed by atoms with E-state index in [0.29, 0.717) is 6.04 Å². The second-order valence-electron chi connectivity index (χ2n) is 6.10. The number of amides is 1. The van der Waals surface area contributed by atoms with Crippen LogP contribution < -0.4 is 9.80 Å². The van der Waals surface area contributed by atoms with E-state index in [1.807, 2.05) is 20.2 Å². The van der Waals surface area contributed by atoms with E-state index in [2.05, 4.69) is 44.6 Å². The third-order valence-corrected chi connectivity index (χ3v) is 5.39. The minimum atomic E-state index is -0.119. The van der Waals surface area contributed by atoms with Gasteiger partial charge in [-0.2, -0.15) is 0 Å². The lowest BCUT2D eigenvalue weighted by Crippen LogP contribution is -2.63. The molecule has 0 radical (unpaired) electrons. The molecule has 3 heterocycles. The third kappa shape index (κ3) is 2.25. The highest BCUT2D eigenvalue weighted by Gasteiger charge is 2.42. The number of carbonyl (C=O) groups excluding carboxylic acids is 1. The zero-order chi connectivity index (χ0) is 15.3. The summed E-state index contributed by atoms with van der Waals surface area (Å²) < 4.78 is 0.945. The van der Waals surface area contributed by atoms with Crippen molar-refractivity contribution in [2.45, 2.75) is 32.9 Å². The van der Waals surface area contributed by atoms with Gasteiger partial charge in [0.05, 0.1) is 5.69 Å². The molecular formula is C15H21BrN4O. The van der Waals surface area contributed by atoms with E-state index in [1.165, 1.54) is 0 Å². The lowest BCUT2D eigenvalue weighted by molar-refractivity contribution is -0.121. The molecule has 1 amide bonds. The maximum absolute atomic E-state index is 12.8. The van der Waals surface area contributed by atoms with Crippen molar-refractivity contribution in [2.75, 3.05) is 36.5 Å². The van der Waals surface area contributed by atoms with Crippen LogP contribution in [0, 0.1) is 6.92 Å². The highest BCUT2D eigenvalue weighted by Crippen LogP contribution is 2.39. The van der Waals surface area contributed by atoms with Crippen LogP contribution >= 0.6 is 15.9 Å². The Hall–Kier alpha value is -1.14. The van der Waals surface area contributed by atoms with Gasteiger partial charge in [0.1, 0.15) is 6.04 Å². The largest absolute Gasteiger partial charge is 0.340 e. The Bertz CT molecular complexity index is 589. The van der Waals surface area contributed by atoms with Crippen molar-refractivity contribution in [1.29, 1.82) is 0 Å². The number of piperazine rings is 1. The molecule has 0 saturated carbocycles. The smallest absolute Gasteiger partial charge is 0.250 e. The molecule has 1 aromatic rings. The van der Waals surface area contributed by atoms with E-state index in [4.69, 9.17) is 0 Å². The van der Waals surface area contributed by atoms with E-state index >= 15 is 0 Å². The summed E-state index contributed by atoms with van der Waals surface area (Å²) >= 11 is 3.51. The van der Waals surface area contributed by atoms with Gasteiger partial charge in [-0.1, -0.05) is 0 Å². The molecule has 114 valence electrons. The van der Waals surface area contributed by atoms with E-state index < -0.39 is 0 Å². The summed E-state index contributed by atoms with van der Waals surface area (Å²) in [5.41, 5.74) is 2.00. The van der Waals surface area contributed by atoms with Gasteiger partial charge in [-0.3, -0.25) is 9.69 Å². The van der Waals surface area contributed by atoms with Gasteiger partial charge in [0, 0.05) is 43.4 Å². The van der Waals surface area contributed by atoms with Crippen molar-refractivity contribution in [1.82, 2.24) is 9.88 Å². The molecule has 2 aliphatic rings. The fraction of sp³-hybridized carbons (Fsp3) is 0.600. The van der Waals surface area contributed by atoms with E-state index in [9.17, 15) is 4.79 Å². The van der Waals surface area contributed by atoms with Gasteiger partial charge in [0.15, 0.2) is 5.82 Å². The molecule has 5 nitrogen and oxygen atoms in total. The van der Waals surface area contributed by atoms with E-state index in [-0.39, 0.29) is 11.9 Å². The lowest BCUT2D eigenvalue weighted by atomic mass is 10.0. The number of hydrogen-bond donors (Lipinski definition) is 0. The molecule has 0 spiro atoms. The topological polar surface area (TPSA) is 39.7 Å². The third-order valence-electron chi connectivity index (χ3n) is 4.59. The maximum atomic E-state index is 12.8. The number of likely N-dealkylation sites (N-methyl/N-ethyl adjacent to an activating group) is 1. The van der Waals surface area contributed by atoms with Crippen LogP contribution in [0.15, 0.2) is 10.7 Å². The first kappa shape index (κ1) is 14.8. The van der Waals surface area contributed by atoms with Crippen LogP contribution in [-0.2, 0) is 4.79 Å². The van der Waals surface area contributed by atoms with Crippen LogP contribution in [0.5, 0.6) is 0 Å². The van der Waals surface area contributed by atoms with Crippen molar-refractivity contribution in [3.8, 4) is 0 Å². The molecule has 3 rings (SSSR count). The summed E-state index contributed by atoms with van der Waals surface area (Å²) in [4.78, 5) is 23.7. The number of hydrogen-bond acceptors (Lipinski definition) is 4. The predicted molar refractivity (Wildman–Crippen MR) is 87.9 cm³/mol. The molecule has 6 heteroatoms. The molecule has 21 heavy (non-hydrogen) atoms. The molecule has 0 aromatic carbocycles. The Labute approximate surface area is 134 Å². The van der Waals surface area contributed by atoms with Crippen LogP contribution in [0.1, 0.15) is 19.4 Å². The number of pyridine rings is 1. The molecule has 1 saturated heterocycles. The van der Waals surface area contributed by atoms with Gasteiger partial charge < -0.3 is 9.80 Å². The summed E-state index contributed by atoms with van der Waals surface area (Å²) in [5.74, 6) is 1.10. The predicted octanol–water partition coefficient (Wildman–Crippen LogP) is 2.03. The van der Waals surface area contributed by atoms with Gasteiger partial charge in [0.25, 0.3) is 5.91 Å². The average Bonchev–Trinajstić information content (AvgIpc) is 2.47. The molecule has 0 bridgehead atoms. The van der Waals surface area contributed by atoms with Crippen molar-refractivity contribution in [3.05, 3.63) is 16.2 Å². The Balaban J connectivity index is 2.04. The molecular weight excluding hydrogens is 332 g/mol. The highest BCUT2D eigenvalue weighted by atomic mass is 79.9. The Morgan fingerprint density at radius 3 is 2.76 bits per heavy atom. The summed E-state index contributed by atoms with van der Waals surface area (Å²) in [6.07, 6.45) is 1.84. The molecule has 0 N–H and O–H groups in total. The zero-order valence-electron chi connectivity index (χ0n) is 12.9. The highest BCUT2D eigenvalue weighted by molar-refractivity contribution is 9.10. The van der Waals surface area contributed by atoms with Gasteiger partial charge in [-0.05, 0) is 42.3 Å². The summed E-state index contributed by atoms with van der Waals surface area (Å²) in [6.45, 7) is 8.99. The fourth-order valence-electron chi connectivity index (χ4n) is 3.24. The number of aromatic nitrogens is 1. The Morgan fingerprint density at radius 1 is 1.38 bits per heavy atom. The molecule has 1 aromatic heterocycles. The Kier molecular flexibility index (Phi) is 3.69. The summed E-state index contributed by atoms with van der Waals surface area (Å²) in [5, 5.41) is 0. The quantitative estimate of drug-likeness (QED) is 0.775. The maximum Gasteiger partial charge on any atom is 0.250 e. The standard InChI is InChI=1S/C15H21BrN4O/c1-9(2)19-5-6-20-12(8-19)15(21)18(4)13-10(3)11(16)7-17-14(13)20/h7,9,12H,5-6,8H2,1-4H3/t12-/m1/s1. The fourth-order valence-corrected chi connectivity index (χ4v) is 3.53. The van der Waals surface area contributed by atoms with Crippen molar-refractivity contribution < 1.29 is 4.79 Å². The molecule has 0 unspecified atom stereocenters. The minimum absolute atomic E-state index is 0.119. The number of rotatable bonds is 1. The Morgan fingerprint density at radius 2 is 2.10 bits per heavy atom. The zero-order valence-corrected chi connectivity index (χ0v) is 14.5. The van der Waals surface area contributed by atoms with Crippen LogP contribution in [0.4, 0.5) is 11.5 Å². The summed E-state index contributed by atoms with van der Waals surface area (Å²) in [6, 6.07) is 0.345. The normalized spacial score (nSPS) is 22.6. The lowest BCUT2D eigenvalue weighted by Gasteiger charge is -2.47. The number of nitrogens with zero attached hydrogens (tertiary/aromatic N) is 4. The first-order valence-electron chi connectivity index (χ1n) is 7.35. The van der Waals surface area contributed by atoms with E-state index in [1.54, 1.807) is 4.90 Å². The number of halogens is 1. The summed E-state index contributed by atoms with van der Waals surface area (Å²) in [7, 11) is 1.86. The second-order valence-corrected chi connectivity index (χ2v) is 6.95. The van der Waals surface area contributed by atoms with Crippen LogP contribution in [0.3, 0.4) is 0 Å². The van der Waals surface area contributed by atoms with Crippen molar-refractivity contribution in [3.63, 3.8) is 0 Å². The molecule has 1 atom stereocenters. The first-order valence-corrected chi connectivity index (χ1v) is 8.14. The SMILES string of the molecule is Cc1c(Br)cnc2c1N(C)C(=O)[C@H]1CN(C(C)C)CCN21. The molecule has 0 aliphatic carbocycles. The van der Waals surface area contributed by atoms with Crippen LogP contribution in [0.2, 0.25) is 0 Å². The second kappa shape index (κ2) is 5.25. The monoisotopic (exact) mass is 352 g/mol.